The lowest BCUT2D eigenvalue weighted by atomic mass is 10.1. The number of thiazole rings is 1. The number of hydrogen-bond donors (Lipinski definition) is 1. The number of aryl methyl sites for hydroxylation is 1. The number of aromatic nitrogens is 3. The van der Waals surface area contributed by atoms with Gasteiger partial charge in [-0.15, -0.1) is 11.3 Å². The summed E-state index contributed by atoms with van der Waals surface area (Å²) in [6, 6.07) is 9.56. The molecule has 1 N–H and O–H groups in total. The van der Waals surface area contributed by atoms with Crippen molar-refractivity contribution >= 4 is 17.2 Å². The van der Waals surface area contributed by atoms with Gasteiger partial charge in [-0.2, -0.15) is 4.98 Å². The molecule has 1 atom stereocenters. The van der Waals surface area contributed by atoms with Crippen molar-refractivity contribution < 1.29 is 9.32 Å². The fourth-order valence-electron chi connectivity index (χ4n) is 2.13. The Balaban J connectivity index is 1.65. The maximum Gasteiger partial charge on any atom is 0.263 e. The molecule has 0 aliphatic heterocycles. The predicted octanol–water partition coefficient (Wildman–Crippen LogP) is 2.92. The summed E-state index contributed by atoms with van der Waals surface area (Å²) in [5.74, 6) is 0.819. The Kier molecular flexibility index (Phi) is 4.47. The van der Waals surface area contributed by atoms with Crippen molar-refractivity contribution in [2.75, 3.05) is 0 Å². The highest BCUT2D eigenvalue weighted by atomic mass is 32.1. The monoisotopic (exact) mass is 328 g/mol. The minimum atomic E-state index is -0.336. The molecule has 23 heavy (non-hydrogen) atoms. The Labute approximate surface area is 137 Å². The second kappa shape index (κ2) is 6.70. The molecule has 0 saturated carbocycles. The topological polar surface area (TPSA) is 80.9 Å². The van der Waals surface area contributed by atoms with E-state index < -0.39 is 0 Å². The Morgan fingerprint density at radius 2 is 2.13 bits per heavy atom. The van der Waals surface area contributed by atoms with Gasteiger partial charge in [0, 0.05) is 0 Å². The standard InChI is InChI=1S/C16H16N4O2S/c1-10-14(23-9-17-10)16(21)18-11(2)15-19-13(22-20-15)8-12-6-4-3-5-7-12/h3-7,9,11H,8H2,1-2H3,(H,18,21)/t11-/m1/s1. The van der Waals surface area contributed by atoms with Crippen molar-refractivity contribution in [3.05, 3.63) is 63.7 Å². The van der Waals surface area contributed by atoms with E-state index in [1.54, 1.807) is 5.51 Å². The third-order valence-corrected chi connectivity index (χ3v) is 4.30. The molecule has 1 aromatic carbocycles. The van der Waals surface area contributed by atoms with E-state index >= 15 is 0 Å². The van der Waals surface area contributed by atoms with E-state index in [9.17, 15) is 4.79 Å². The third-order valence-electron chi connectivity index (χ3n) is 3.37. The first kappa shape index (κ1) is 15.4. The summed E-state index contributed by atoms with van der Waals surface area (Å²) in [5.41, 5.74) is 3.47. The first-order valence-electron chi connectivity index (χ1n) is 7.21. The van der Waals surface area contributed by atoms with Crippen molar-refractivity contribution in [3.63, 3.8) is 0 Å². The van der Waals surface area contributed by atoms with Gasteiger partial charge in [0.05, 0.1) is 23.7 Å². The molecule has 2 aromatic heterocycles. The maximum atomic E-state index is 12.2. The maximum absolute atomic E-state index is 12.2. The van der Waals surface area contributed by atoms with Gasteiger partial charge >= 0.3 is 0 Å². The summed E-state index contributed by atoms with van der Waals surface area (Å²) >= 11 is 1.31. The largest absolute Gasteiger partial charge is 0.341 e. The lowest BCUT2D eigenvalue weighted by Crippen LogP contribution is -2.27. The fourth-order valence-corrected chi connectivity index (χ4v) is 2.84. The smallest absolute Gasteiger partial charge is 0.263 e. The highest BCUT2D eigenvalue weighted by molar-refractivity contribution is 7.11. The van der Waals surface area contributed by atoms with Crippen LogP contribution in [0, 0.1) is 6.92 Å². The van der Waals surface area contributed by atoms with Gasteiger partial charge in [0.15, 0.2) is 5.82 Å². The molecule has 7 heteroatoms. The number of hydrogen-bond acceptors (Lipinski definition) is 6. The summed E-state index contributed by atoms with van der Waals surface area (Å²) in [7, 11) is 0. The van der Waals surface area contributed by atoms with Gasteiger partial charge in [-0.25, -0.2) is 4.98 Å². The van der Waals surface area contributed by atoms with Crippen molar-refractivity contribution in [2.45, 2.75) is 26.3 Å². The van der Waals surface area contributed by atoms with E-state index in [-0.39, 0.29) is 11.9 Å². The van der Waals surface area contributed by atoms with Crippen LogP contribution in [0.4, 0.5) is 0 Å². The van der Waals surface area contributed by atoms with E-state index in [2.05, 4.69) is 20.4 Å². The van der Waals surface area contributed by atoms with E-state index in [1.807, 2.05) is 44.2 Å². The molecular weight excluding hydrogens is 312 g/mol. The zero-order chi connectivity index (χ0) is 16.2. The molecule has 0 unspecified atom stereocenters. The molecule has 0 bridgehead atoms. The zero-order valence-corrected chi connectivity index (χ0v) is 13.6. The van der Waals surface area contributed by atoms with Gasteiger partial charge < -0.3 is 9.84 Å². The molecule has 0 aliphatic rings. The third kappa shape index (κ3) is 3.62. The summed E-state index contributed by atoms with van der Waals surface area (Å²) in [5, 5.41) is 6.82. The second-order valence-electron chi connectivity index (χ2n) is 5.17. The lowest BCUT2D eigenvalue weighted by Gasteiger charge is -2.08. The molecular formula is C16H16N4O2S. The van der Waals surface area contributed by atoms with Gasteiger partial charge in [0.25, 0.3) is 5.91 Å². The lowest BCUT2D eigenvalue weighted by molar-refractivity contribution is 0.0941. The molecule has 118 valence electrons. The molecule has 6 nitrogen and oxygen atoms in total. The van der Waals surface area contributed by atoms with Crippen molar-refractivity contribution in [3.8, 4) is 0 Å². The average molecular weight is 328 g/mol. The molecule has 3 rings (SSSR count). The average Bonchev–Trinajstić information content (AvgIpc) is 3.17. The van der Waals surface area contributed by atoms with Crippen LogP contribution in [-0.4, -0.2) is 21.0 Å². The molecule has 0 spiro atoms. The zero-order valence-electron chi connectivity index (χ0n) is 12.8. The molecule has 1 amide bonds. The van der Waals surface area contributed by atoms with Crippen LogP contribution in [0.2, 0.25) is 0 Å². The van der Waals surface area contributed by atoms with Crippen LogP contribution in [0.15, 0.2) is 40.4 Å². The number of carbonyl (C=O) groups excluding carboxylic acids is 1. The molecule has 3 aromatic rings. The van der Waals surface area contributed by atoms with Gasteiger partial charge in [-0.05, 0) is 19.4 Å². The van der Waals surface area contributed by atoms with Crippen molar-refractivity contribution in [2.24, 2.45) is 0 Å². The van der Waals surface area contributed by atoms with E-state index in [1.165, 1.54) is 11.3 Å². The van der Waals surface area contributed by atoms with Crippen LogP contribution in [0.1, 0.15) is 45.6 Å². The Morgan fingerprint density at radius 1 is 1.35 bits per heavy atom. The number of amides is 1. The Hall–Kier alpha value is -2.54. The number of rotatable bonds is 5. The minimum Gasteiger partial charge on any atom is -0.341 e. The van der Waals surface area contributed by atoms with Gasteiger partial charge in [-0.1, -0.05) is 35.5 Å². The number of nitrogens with zero attached hydrogens (tertiary/aromatic N) is 3. The second-order valence-corrected chi connectivity index (χ2v) is 6.03. The van der Waals surface area contributed by atoms with Crippen LogP contribution >= 0.6 is 11.3 Å². The molecule has 0 aliphatic carbocycles. The van der Waals surface area contributed by atoms with Crippen LogP contribution in [0.3, 0.4) is 0 Å². The summed E-state index contributed by atoms with van der Waals surface area (Å²) in [6.07, 6.45) is 0.572. The summed E-state index contributed by atoms with van der Waals surface area (Å²) < 4.78 is 5.26. The molecule has 0 radical (unpaired) electrons. The Morgan fingerprint density at radius 3 is 2.83 bits per heavy atom. The van der Waals surface area contributed by atoms with Gasteiger partial charge in [-0.3, -0.25) is 4.79 Å². The first-order chi connectivity index (χ1) is 11.1. The number of benzene rings is 1. The summed E-state index contributed by atoms with van der Waals surface area (Å²) in [6.45, 7) is 3.63. The normalized spacial score (nSPS) is 12.1. The number of nitrogens with one attached hydrogen (secondary N) is 1. The van der Waals surface area contributed by atoms with Crippen molar-refractivity contribution in [1.29, 1.82) is 0 Å². The highest BCUT2D eigenvalue weighted by Crippen LogP contribution is 2.16. The molecule has 2 heterocycles. The number of carbonyl (C=O) groups is 1. The van der Waals surface area contributed by atoms with Crippen LogP contribution in [0.25, 0.3) is 0 Å². The fraction of sp³-hybridized carbons (Fsp3) is 0.250. The van der Waals surface area contributed by atoms with Gasteiger partial charge in [0.1, 0.15) is 4.88 Å². The molecule has 0 saturated heterocycles. The predicted molar refractivity (Wildman–Crippen MR) is 86.3 cm³/mol. The van der Waals surface area contributed by atoms with Crippen LogP contribution < -0.4 is 5.32 Å². The SMILES string of the molecule is Cc1ncsc1C(=O)N[C@H](C)c1noc(Cc2ccccc2)n1. The van der Waals surface area contributed by atoms with E-state index in [0.29, 0.717) is 23.0 Å². The van der Waals surface area contributed by atoms with Gasteiger partial charge in [0.2, 0.25) is 5.89 Å². The quantitative estimate of drug-likeness (QED) is 0.779. The highest BCUT2D eigenvalue weighted by Gasteiger charge is 2.19. The van der Waals surface area contributed by atoms with E-state index in [4.69, 9.17) is 4.52 Å². The minimum absolute atomic E-state index is 0.174. The molecule has 0 fully saturated rings. The Bertz CT molecular complexity index is 797. The van der Waals surface area contributed by atoms with Crippen LogP contribution in [0.5, 0.6) is 0 Å². The van der Waals surface area contributed by atoms with E-state index in [0.717, 1.165) is 11.3 Å². The first-order valence-corrected chi connectivity index (χ1v) is 8.09. The van der Waals surface area contributed by atoms with Crippen LogP contribution in [-0.2, 0) is 6.42 Å². The van der Waals surface area contributed by atoms with Crippen molar-refractivity contribution in [1.82, 2.24) is 20.4 Å². The summed E-state index contributed by atoms with van der Waals surface area (Å²) in [4.78, 5) is 21.2.